The Hall–Kier alpha value is -1.91. The Labute approximate surface area is 189 Å². The van der Waals surface area contributed by atoms with E-state index in [-0.39, 0.29) is 35.9 Å². The number of methoxy groups -OCH3 is 4. The molecular weight excluding hydrogens is 489 g/mol. The van der Waals surface area contributed by atoms with Crippen LogP contribution in [0.4, 0.5) is 0 Å². The largest absolute Gasteiger partial charge is 0.493 e. The Kier molecular flexibility index (Phi) is 10.9. The minimum Gasteiger partial charge on any atom is -0.493 e. The van der Waals surface area contributed by atoms with E-state index < -0.39 is 0 Å². The van der Waals surface area contributed by atoms with Crippen molar-refractivity contribution in [2.24, 2.45) is 10.9 Å². The summed E-state index contributed by atoms with van der Waals surface area (Å²) in [5, 5.41) is 3.33. The molecular formula is C20H32IN3O5. The number of nitrogens with zero attached hydrogens (tertiary/aromatic N) is 2. The van der Waals surface area contributed by atoms with Gasteiger partial charge in [0.1, 0.15) is 0 Å². The number of hydrogen-bond acceptors (Lipinski definition) is 6. The van der Waals surface area contributed by atoms with Gasteiger partial charge in [-0.05, 0) is 37.5 Å². The highest BCUT2D eigenvalue weighted by Crippen LogP contribution is 2.38. The third-order valence-electron chi connectivity index (χ3n) is 4.80. The molecule has 2 rings (SSSR count). The van der Waals surface area contributed by atoms with Gasteiger partial charge in [-0.1, -0.05) is 0 Å². The van der Waals surface area contributed by atoms with Gasteiger partial charge in [0, 0.05) is 19.6 Å². The first-order valence-electron chi connectivity index (χ1n) is 9.47. The fraction of sp³-hybridized carbons (Fsp3) is 0.600. The lowest BCUT2D eigenvalue weighted by atomic mass is 9.97. The molecule has 1 fully saturated rings. The number of carbonyl (C=O) groups is 1. The second kappa shape index (κ2) is 12.6. The highest BCUT2D eigenvalue weighted by molar-refractivity contribution is 14.0. The van der Waals surface area contributed by atoms with E-state index in [1.54, 1.807) is 21.3 Å². The molecule has 9 heteroatoms. The van der Waals surface area contributed by atoms with E-state index in [1.165, 1.54) is 7.11 Å². The van der Waals surface area contributed by atoms with Gasteiger partial charge in [-0.3, -0.25) is 4.79 Å². The van der Waals surface area contributed by atoms with E-state index in [0.717, 1.165) is 44.0 Å². The van der Waals surface area contributed by atoms with Crippen molar-refractivity contribution in [3.05, 3.63) is 17.7 Å². The predicted octanol–water partition coefficient (Wildman–Crippen LogP) is 2.68. The Morgan fingerprint density at radius 2 is 1.69 bits per heavy atom. The summed E-state index contributed by atoms with van der Waals surface area (Å²) in [4.78, 5) is 18.7. The van der Waals surface area contributed by atoms with Crippen LogP contribution in [0.15, 0.2) is 17.1 Å². The SMILES string of the molecule is CCNC(=NCc1cc(OC)c(OC)c(OC)c1)N1CCC(C(=O)OC)CC1.I. The van der Waals surface area contributed by atoms with Crippen LogP contribution in [0.25, 0.3) is 0 Å². The van der Waals surface area contributed by atoms with E-state index in [9.17, 15) is 4.79 Å². The number of esters is 1. The fourth-order valence-electron chi connectivity index (χ4n) is 3.31. The highest BCUT2D eigenvalue weighted by atomic mass is 127. The molecule has 0 aliphatic carbocycles. The van der Waals surface area contributed by atoms with E-state index in [1.807, 2.05) is 19.1 Å². The van der Waals surface area contributed by atoms with Crippen molar-refractivity contribution in [2.75, 3.05) is 48.1 Å². The third kappa shape index (κ3) is 6.55. The Morgan fingerprint density at radius 1 is 1.10 bits per heavy atom. The normalized spacial score (nSPS) is 14.7. The molecule has 0 bridgehead atoms. The van der Waals surface area contributed by atoms with Crippen molar-refractivity contribution in [1.29, 1.82) is 0 Å². The van der Waals surface area contributed by atoms with Crippen LogP contribution in [0, 0.1) is 5.92 Å². The number of nitrogens with one attached hydrogen (secondary N) is 1. The highest BCUT2D eigenvalue weighted by Gasteiger charge is 2.27. The molecule has 8 nitrogen and oxygen atoms in total. The Morgan fingerprint density at radius 3 is 2.14 bits per heavy atom. The molecule has 0 radical (unpaired) electrons. The average Bonchev–Trinajstić information content (AvgIpc) is 2.75. The number of piperidine rings is 1. The zero-order valence-corrected chi connectivity index (χ0v) is 20.1. The second-order valence-electron chi connectivity index (χ2n) is 6.49. The maximum absolute atomic E-state index is 11.7. The molecule has 1 aliphatic heterocycles. The van der Waals surface area contributed by atoms with E-state index in [2.05, 4.69) is 10.2 Å². The summed E-state index contributed by atoms with van der Waals surface area (Å²) in [6, 6.07) is 3.80. The summed E-state index contributed by atoms with van der Waals surface area (Å²) >= 11 is 0. The maximum Gasteiger partial charge on any atom is 0.308 e. The molecule has 0 amide bonds. The van der Waals surface area contributed by atoms with E-state index in [4.69, 9.17) is 23.9 Å². The van der Waals surface area contributed by atoms with Crippen LogP contribution in [0.1, 0.15) is 25.3 Å². The molecule has 0 spiro atoms. The van der Waals surface area contributed by atoms with E-state index >= 15 is 0 Å². The summed E-state index contributed by atoms with van der Waals surface area (Å²) < 4.78 is 21.1. The predicted molar refractivity (Wildman–Crippen MR) is 123 cm³/mol. The molecule has 0 unspecified atom stereocenters. The van der Waals surface area contributed by atoms with Crippen LogP contribution in [0.3, 0.4) is 0 Å². The van der Waals surface area contributed by atoms with Crippen molar-refractivity contribution >= 4 is 35.9 Å². The first-order chi connectivity index (χ1) is 13.6. The topological polar surface area (TPSA) is 81.6 Å². The number of aliphatic imine (C=N–C) groups is 1. The standard InChI is InChI=1S/C20H31N3O5.HI/c1-6-21-20(23-9-7-15(8-10-23)19(24)28-5)22-13-14-11-16(25-2)18(27-4)17(12-14)26-3;/h11-12,15H,6-10,13H2,1-5H3,(H,21,22);1H. The number of ether oxygens (including phenoxy) is 4. The van der Waals surface area contributed by atoms with Gasteiger partial charge in [0.05, 0.1) is 40.9 Å². The van der Waals surface area contributed by atoms with Crippen LogP contribution in [-0.4, -0.2) is 64.9 Å². The fourth-order valence-corrected chi connectivity index (χ4v) is 3.31. The molecule has 1 aromatic rings. The maximum atomic E-state index is 11.7. The van der Waals surface area contributed by atoms with Gasteiger partial charge in [-0.2, -0.15) is 0 Å². The van der Waals surface area contributed by atoms with Crippen LogP contribution in [0.2, 0.25) is 0 Å². The summed E-state index contributed by atoms with van der Waals surface area (Å²) in [7, 11) is 6.22. The molecule has 0 saturated carbocycles. The van der Waals surface area contributed by atoms with Gasteiger partial charge in [0.25, 0.3) is 0 Å². The van der Waals surface area contributed by atoms with E-state index in [0.29, 0.717) is 23.8 Å². The minimum absolute atomic E-state index is 0. The smallest absolute Gasteiger partial charge is 0.308 e. The lowest BCUT2D eigenvalue weighted by Crippen LogP contribution is -2.46. The zero-order chi connectivity index (χ0) is 20.5. The van der Waals surface area contributed by atoms with Crippen molar-refractivity contribution in [3.8, 4) is 17.2 Å². The third-order valence-corrected chi connectivity index (χ3v) is 4.80. The van der Waals surface area contributed by atoms with Gasteiger partial charge in [-0.25, -0.2) is 4.99 Å². The Balaban J connectivity index is 0.00000420. The average molecular weight is 521 g/mol. The summed E-state index contributed by atoms with van der Waals surface area (Å²) in [6.45, 7) is 4.80. The molecule has 0 atom stereocenters. The minimum atomic E-state index is -0.126. The number of rotatable bonds is 7. The lowest BCUT2D eigenvalue weighted by molar-refractivity contribution is -0.146. The number of guanidine groups is 1. The van der Waals surface area contributed by atoms with Crippen LogP contribution in [0.5, 0.6) is 17.2 Å². The molecule has 0 aromatic heterocycles. The van der Waals surface area contributed by atoms with Crippen molar-refractivity contribution in [3.63, 3.8) is 0 Å². The molecule has 1 aliphatic rings. The first-order valence-corrected chi connectivity index (χ1v) is 9.47. The second-order valence-corrected chi connectivity index (χ2v) is 6.49. The monoisotopic (exact) mass is 521 g/mol. The number of benzene rings is 1. The molecule has 1 heterocycles. The van der Waals surface area contributed by atoms with Gasteiger partial charge >= 0.3 is 5.97 Å². The molecule has 29 heavy (non-hydrogen) atoms. The first kappa shape index (κ1) is 25.1. The van der Waals surface area contributed by atoms with Crippen molar-refractivity contribution < 1.29 is 23.7 Å². The number of carbonyl (C=O) groups excluding carboxylic acids is 1. The molecule has 1 saturated heterocycles. The summed E-state index contributed by atoms with van der Waals surface area (Å²) in [6.07, 6.45) is 1.53. The summed E-state index contributed by atoms with van der Waals surface area (Å²) in [5.74, 6) is 2.46. The van der Waals surface area contributed by atoms with Crippen LogP contribution >= 0.6 is 24.0 Å². The molecule has 1 aromatic carbocycles. The molecule has 1 N–H and O–H groups in total. The lowest BCUT2D eigenvalue weighted by Gasteiger charge is -2.33. The number of halogens is 1. The van der Waals surface area contributed by atoms with Crippen molar-refractivity contribution in [1.82, 2.24) is 10.2 Å². The van der Waals surface area contributed by atoms with Crippen molar-refractivity contribution in [2.45, 2.75) is 26.3 Å². The number of likely N-dealkylation sites (tertiary alicyclic amines) is 1. The quantitative estimate of drug-likeness (QED) is 0.256. The van der Waals surface area contributed by atoms with Gasteiger partial charge in [0.15, 0.2) is 17.5 Å². The Bertz CT molecular complexity index is 666. The molecule has 164 valence electrons. The number of hydrogen-bond donors (Lipinski definition) is 1. The van der Waals surface area contributed by atoms with Gasteiger partial charge < -0.3 is 29.2 Å². The van der Waals surface area contributed by atoms with Crippen LogP contribution < -0.4 is 19.5 Å². The van der Waals surface area contributed by atoms with Crippen LogP contribution in [-0.2, 0) is 16.1 Å². The van der Waals surface area contributed by atoms with Gasteiger partial charge in [0.2, 0.25) is 5.75 Å². The van der Waals surface area contributed by atoms with Gasteiger partial charge in [-0.15, -0.1) is 24.0 Å². The summed E-state index contributed by atoms with van der Waals surface area (Å²) in [5.41, 5.74) is 0.953. The zero-order valence-electron chi connectivity index (χ0n) is 17.8.